The number of nitrogens with one attached hydrogen (secondary N) is 3. The van der Waals surface area contributed by atoms with Crippen molar-refractivity contribution in [2.75, 3.05) is 7.11 Å². The first-order valence-electron chi connectivity index (χ1n) is 9.07. The number of methoxy groups -OCH3 is 1. The van der Waals surface area contributed by atoms with Crippen molar-refractivity contribution in [2.45, 2.75) is 50.4 Å². The molecule has 152 valence electrons. The van der Waals surface area contributed by atoms with E-state index < -0.39 is 24.0 Å². The third kappa shape index (κ3) is 6.66. The number of carboxylic acids is 1. The zero-order chi connectivity index (χ0) is 20.5. The summed E-state index contributed by atoms with van der Waals surface area (Å²) >= 11 is 0. The van der Waals surface area contributed by atoms with Gasteiger partial charge in [-0.25, -0.2) is 4.79 Å². The second-order valence-electron chi connectivity index (χ2n) is 6.58. The van der Waals surface area contributed by atoms with E-state index in [1.165, 1.54) is 0 Å². The molecule has 3 amide bonds. The molecule has 3 atom stereocenters. The Morgan fingerprint density at radius 3 is 2.25 bits per heavy atom. The van der Waals surface area contributed by atoms with Crippen molar-refractivity contribution >= 4 is 23.7 Å². The van der Waals surface area contributed by atoms with Crippen LogP contribution in [0.25, 0.3) is 0 Å². The van der Waals surface area contributed by atoms with Crippen LogP contribution in [-0.2, 0) is 30.3 Å². The Morgan fingerprint density at radius 2 is 1.79 bits per heavy atom. The first kappa shape index (κ1) is 21.4. The smallest absolute Gasteiger partial charge is 0.326 e. The quantitative estimate of drug-likeness (QED) is 0.537. The van der Waals surface area contributed by atoms with E-state index in [-0.39, 0.29) is 24.5 Å². The van der Waals surface area contributed by atoms with Gasteiger partial charge in [0.05, 0.1) is 0 Å². The predicted octanol–water partition coefficient (Wildman–Crippen LogP) is -0.0540. The number of hydrogen-bond acceptors (Lipinski definition) is 5. The van der Waals surface area contributed by atoms with Gasteiger partial charge >= 0.3 is 5.97 Å². The Bertz CT molecular complexity index is 709. The molecule has 0 radical (unpaired) electrons. The van der Waals surface area contributed by atoms with Gasteiger partial charge in [-0.2, -0.15) is 0 Å². The lowest BCUT2D eigenvalue weighted by Crippen LogP contribution is -2.49. The van der Waals surface area contributed by atoms with Crippen molar-refractivity contribution in [1.82, 2.24) is 16.0 Å². The minimum atomic E-state index is -1.09. The molecular weight excluding hydrogens is 366 g/mol. The van der Waals surface area contributed by atoms with E-state index in [0.29, 0.717) is 19.3 Å². The zero-order valence-corrected chi connectivity index (χ0v) is 15.6. The van der Waals surface area contributed by atoms with Crippen LogP contribution in [0.3, 0.4) is 0 Å². The first-order chi connectivity index (χ1) is 13.4. The van der Waals surface area contributed by atoms with Crippen LogP contribution in [0, 0.1) is 0 Å². The summed E-state index contributed by atoms with van der Waals surface area (Å²) in [5.41, 5.74) is 0.829. The van der Waals surface area contributed by atoms with E-state index in [4.69, 9.17) is 4.74 Å². The van der Waals surface area contributed by atoms with E-state index >= 15 is 0 Å². The van der Waals surface area contributed by atoms with Crippen LogP contribution in [0.2, 0.25) is 0 Å². The molecule has 9 heteroatoms. The fraction of sp³-hybridized carbons (Fsp3) is 0.474. The van der Waals surface area contributed by atoms with Crippen molar-refractivity contribution in [1.29, 1.82) is 0 Å². The number of carboxylic acid groups (broad SMARTS) is 1. The molecule has 0 spiro atoms. The lowest BCUT2D eigenvalue weighted by Gasteiger charge is -2.17. The number of ether oxygens (including phenoxy) is 1. The van der Waals surface area contributed by atoms with Crippen LogP contribution in [0.4, 0.5) is 0 Å². The average Bonchev–Trinajstić information content (AvgIpc) is 3.30. The molecule has 2 aliphatic heterocycles. The lowest BCUT2D eigenvalue weighted by molar-refractivity contribution is -0.142. The molecule has 2 fully saturated rings. The SMILES string of the molecule is COC1CCC(=O)N1.O=C1CCC(C(=O)NC(Cc2ccccc2)C(=O)O)N1. The van der Waals surface area contributed by atoms with Gasteiger partial charge in [-0.15, -0.1) is 0 Å². The zero-order valence-electron chi connectivity index (χ0n) is 15.6. The molecule has 3 unspecified atom stereocenters. The van der Waals surface area contributed by atoms with Crippen LogP contribution in [0.1, 0.15) is 31.2 Å². The van der Waals surface area contributed by atoms with Crippen LogP contribution >= 0.6 is 0 Å². The second-order valence-corrected chi connectivity index (χ2v) is 6.58. The summed E-state index contributed by atoms with van der Waals surface area (Å²) in [5, 5.41) is 16.8. The van der Waals surface area contributed by atoms with Gasteiger partial charge in [0.2, 0.25) is 17.7 Å². The summed E-state index contributed by atoms with van der Waals surface area (Å²) in [7, 11) is 1.59. The molecule has 28 heavy (non-hydrogen) atoms. The standard InChI is InChI=1S/C14H16N2O4.C5H9NO2/c17-12-7-6-10(15-12)13(18)16-11(14(19)20)8-9-4-2-1-3-5-9;1-8-5-3-2-4(7)6-5/h1-5,10-11H,6-8H2,(H,15,17)(H,16,18)(H,19,20);5H,2-3H2,1H3,(H,6,7). The second kappa shape index (κ2) is 10.4. The highest BCUT2D eigenvalue weighted by Gasteiger charge is 2.30. The summed E-state index contributed by atoms with van der Waals surface area (Å²) in [5.74, 6) is -1.62. The van der Waals surface area contributed by atoms with Gasteiger partial charge in [0.15, 0.2) is 0 Å². The predicted molar refractivity (Wildman–Crippen MR) is 99.1 cm³/mol. The molecule has 3 rings (SSSR count). The van der Waals surface area contributed by atoms with Crippen LogP contribution in [-0.4, -0.2) is 54.2 Å². The van der Waals surface area contributed by atoms with Crippen molar-refractivity contribution in [3.8, 4) is 0 Å². The molecule has 1 aromatic carbocycles. The maximum absolute atomic E-state index is 11.9. The highest BCUT2D eigenvalue weighted by molar-refractivity contribution is 5.92. The highest BCUT2D eigenvalue weighted by atomic mass is 16.5. The summed E-state index contributed by atoms with van der Waals surface area (Å²) in [6.07, 6.45) is 2.32. The number of carbonyl (C=O) groups is 4. The molecule has 4 N–H and O–H groups in total. The fourth-order valence-electron chi connectivity index (χ4n) is 2.90. The topological polar surface area (TPSA) is 134 Å². The van der Waals surface area contributed by atoms with Crippen molar-refractivity contribution in [3.63, 3.8) is 0 Å². The number of rotatable bonds is 6. The summed E-state index contributed by atoms with van der Waals surface area (Å²) in [6, 6.07) is 7.45. The Labute approximate surface area is 162 Å². The average molecular weight is 391 g/mol. The maximum atomic E-state index is 11.9. The molecule has 2 heterocycles. The van der Waals surface area contributed by atoms with Crippen LogP contribution in [0.15, 0.2) is 30.3 Å². The van der Waals surface area contributed by atoms with Gasteiger partial charge in [-0.1, -0.05) is 30.3 Å². The van der Waals surface area contributed by atoms with Gasteiger partial charge in [0.25, 0.3) is 0 Å². The highest BCUT2D eigenvalue weighted by Crippen LogP contribution is 2.08. The summed E-state index contributed by atoms with van der Waals surface area (Å²) < 4.78 is 4.85. The third-order valence-corrected chi connectivity index (χ3v) is 4.45. The minimum Gasteiger partial charge on any atom is -0.480 e. The molecule has 2 aliphatic rings. The van der Waals surface area contributed by atoms with E-state index in [2.05, 4.69) is 16.0 Å². The summed E-state index contributed by atoms with van der Waals surface area (Å²) in [4.78, 5) is 44.6. The molecular formula is C19H25N3O6. The van der Waals surface area contributed by atoms with Gasteiger partial charge in [0.1, 0.15) is 18.3 Å². The van der Waals surface area contributed by atoms with Crippen LogP contribution in [0.5, 0.6) is 0 Å². The number of carbonyl (C=O) groups excluding carboxylic acids is 3. The van der Waals surface area contributed by atoms with Gasteiger partial charge in [-0.05, 0) is 12.0 Å². The lowest BCUT2D eigenvalue weighted by atomic mass is 10.1. The Hall–Kier alpha value is -2.94. The summed E-state index contributed by atoms with van der Waals surface area (Å²) in [6.45, 7) is 0. The largest absolute Gasteiger partial charge is 0.480 e. The molecule has 2 saturated heterocycles. The molecule has 9 nitrogen and oxygen atoms in total. The minimum absolute atomic E-state index is 0.0255. The van der Waals surface area contributed by atoms with Crippen LogP contribution < -0.4 is 16.0 Å². The molecule has 0 bridgehead atoms. The normalized spacial score (nSPS) is 21.8. The van der Waals surface area contributed by atoms with Crippen molar-refractivity contribution < 1.29 is 29.0 Å². The number of amides is 3. The number of hydrogen-bond donors (Lipinski definition) is 4. The van der Waals surface area contributed by atoms with E-state index in [1.807, 2.05) is 18.2 Å². The van der Waals surface area contributed by atoms with E-state index in [0.717, 1.165) is 12.0 Å². The molecule has 0 saturated carbocycles. The van der Waals surface area contributed by atoms with E-state index in [1.54, 1.807) is 19.2 Å². The van der Waals surface area contributed by atoms with Gasteiger partial charge < -0.3 is 25.8 Å². The third-order valence-electron chi connectivity index (χ3n) is 4.45. The molecule has 0 aliphatic carbocycles. The van der Waals surface area contributed by atoms with Gasteiger partial charge in [-0.3, -0.25) is 14.4 Å². The number of benzene rings is 1. The first-order valence-corrected chi connectivity index (χ1v) is 9.07. The monoisotopic (exact) mass is 391 g/mol. The molecule has 0 aromatic heterocycles. The van der Waals surface area contributed by atoms with Crippen molar-refractivity contribution in [3.05, 3.63) is 35.9 Å². The molecule has 1 aromatic rings. The van der Waals surface area contributed by atoms with Crippen molar-refractivity contribution in [2.24, 2.45) is 0 Å². The Kier molecular flexibility index (Phi) is 7.94. The fourth-order valence-corrected chi connectivity index (χ4v) is 2.90. The van der Waals surface area contributed by atoms with Gasteiger partial charge in [0, 0.05) is 32.8 Å². The number of aliphatic carboxylic acids is 1. The maximum Gasteiger partial charge on any atom is 0.326 e. The van der Waals surface area contributed by atoms with E-state index in [9.17, 15) is 24.3 Å². The Balaban J connectivity index is 0.000000292. The Morgan fingerprint density at radius 1 is 1.14 bits per heavy atom.